The van der Waals surface area contributed by atoms with Gasteiger partial charge in [-0.2, -0.15) is 5.10 Å². The number of aryl methyl sites for hydroxylation is 1. The molecule has 11 nitrogen and oxygen atoms in total. The summed E-state index contributed by atoms with van der Waals surface area (Å²) in [6.45, 7) is 10.8. The lowest BCUT2D eigenvalue weighted by Crippen LogP contribution is -2.38. The maximum absolute atomic E-state index is 12.1. The molecule has 0 atom stereocenters. The molecule has 31 heavy (non-hydrogen) atoms. The standard InChI is InChI=1S/C17H26N6O5S.C2H6/c1-6-19-16(18-5)20-13(25)8-23(9-24)22-15(10(2)3)12-7-14(29-11(12)4)21-17(26,27)28;1-2/h6-7,9-10,21,26-28H,8H2,1-5H3,(H,18,20,25);1-2H3/b19-6-,22-15-;. The summed E-state index contributed by atoms with van der Waals surface area (Å²) in [6.07, 6.45) is -1.16. The molecule has 174 valence electrons. The molecule has 5 N–H and O–H groups in total. The van der Waals surface area contributed by atoms with Gasteiger partial charge in [0.25, 0.3) is 0 Å². The second-order valence-corrected chi connectivity index (χ2v) is 7.42. The van der Waals surface area contributed by atoms with Crippen LogP contribution in [0.25, 0.3) is 0 Å². The lowest BCUT2D eigenvalue weighted by Gasteiger charge is -2.16. The van der Waals surface area contributed by atoms with Gasteiger partial charge in [-0.1, -0.05) is 27.7 Å². The van der Waals surface area contributed by atoms with Crippen LogP contribution < -0.4 is 10.6 Å². The largest absolute Gasteiger partial charge is 0.367 e. The molecule has 0 unspecified atom stereocenters. The number of thiophene rings is 1. The zero-order valence-corrected chi connectivity index (χ0v) is 19.7. The molecule has 0 aliphatic rings. The van der Waals surface area contributed by atoms with E-state index in [0.29, 0.717) is 17.7 Å². The first kappa shape index (κ1) is 28.3. The fraction of sp³-hybridized carbons (Fsp3) is 0.526. The molecule has 0 aliphatic carbocycles. The van der Waals surface area contributed by atoms with Crippen LogP contribution in [-0.2, 0) is 9.59 Å². The second kappa shape index (κ2) is 13.6. The van der Waals surface area contributed by atoms with Crippen LogP contribution in [0.1, 0.15) is 45.1 Å². The van der Waals surface area contributed by atoms with Crippen molar-refractivity contribution in [2.45, 2.75) is 47.6 Å². The summed E-state index contributed by atoms with van der Waals surface area (Å²) in [5.41, 5.74) is 1.14. The van der Waals surface area contributed by atoms with E-state index in [1.807, 2.05) is 27.7 Å². The van der Waals surface area contributed by atoms with Gasteiger partial charge >= 0.3 is 6.10 Å². The van der Waals surface area contributed by atoms with Crippen LogP contribution in [0.3, 0.4) is 0 Å². The Morgan fingerprint density at radius 3 is 2.39 bits per heavy atom. The maximum Gasteiger partial charge on any atom is 0.367 e. The fourth-order valence-corrected chi connectivity index (χ4v) is 3.23. The van der Waals surface area contributed by atoms with Gasteiger partial charge in [0, 0.05) is 23.7 Å². The van der Waals surface area contributed by atoms with E-state index >= 15 is 0 Å². The van der Waals surface area contributed by atoms with Crippen LogP contribution >= 0.6 is 11.3 Å². The van der Waals surface area contributed by atoms with Crippen molar-refractivity contribution in [2.24, 2.45) is 21.0 Å². The average Bonchev–Trinajstić information content (AvgIpc) is 3.03. The van der Waals surface area contributed by atoms with Gasteiger partial charge in [-0.25, -0.2) is 10.0 Å². The van der Waals surface area contributed by atoms with Crippen molar-refractivity contribution in [3.63, 3.8) is 0 Å². The van der Waals surface area contributed by atoms with Crippen LogP contribution in [0.15, 0.2) is 21.2 Å². The highest BCUT2D eigenvalue weighted by Gasteiger charge is 2.22. The Kier molecular flexibility index (Phi) is 12.4. The van der Waals surface area contributed by atoms with E-state index in [2.05, 4.69) is 25.7 Å². The molecule has 0 fully saturated rings. The quantitative estimate of drug-likeness (QED) is 0.129. The Morgan fingerprint density at radius 2 is 1.94 bits per heavy atom. The maximum atomic E-state index is 12.1. The van der Waals surface area contributed by atoms with Gasteiger partial charge < -0.3 is 20.6 Å². The summed E-state index contributed by atoms with van der Waals surface area (Å²) >= 11 is 1.16. The number of amides is 2. The van der Waals surface area contributed by atoms with Gasteiger partial charge in [0.2, 0.25) is 18.3 Å². The number of rotatable bonds is 8. The second-order valence-electron chi connectivity index (χ2n) is 6.17. The summed E-state index contributed by atoms with van der Waals surface area (Å²) in [5, 5.41) is 37.4. The first-order chi connectivity index (χ1) is 14.5. The number of hydrogen-bond acceptors (Lipinski definition) is 9. The minimum absolute atomic E-state index is 0.112. The number of hydrazone groups is 1. The number of aliphatic hydroxyl groups is 3. The van der Waals surface area contributed by atoms with Crippen LogP contribution in [0.4, 0.5) is 5.00 Å². The molecule has 1 aromatic rings. The van der Waals surface area contributed by atoms with Crippen molar-refractivity contribution in [2.75, 3.05) is 18.9 Å². The summed E-state index contributed by atoms with van der Waals surface area (Å²) in [5.74, 6) is -0.535. The Morgan fingerprint density at radius 1 is 1.32 bits per heavy atom. The number of nitrogens with zero attached hydrogens (tertiary/aromatic N) is 4. The van der Waals surface area contributed by atoms with E-state index < -0.39 is 12.0 Å². The normalized spacial score (nSPS) is 12.5. The van der Waals surface area contributed by atoms with Crippen molar-refractivity contribution in [3.8, 4) is 0 Å². The molecule has 2 amide bonds. The molecule has 0 saturated carbocycles. The molecule has 1 rings (SSSR count). The molecule has 0 spiro atoms. The number of anilines is 1. The number of guanidine groups is 1. The predicted octanol–water partition coefficient (Wildman–Crippen LogP) is 1.09. The van der Waals surface area contributed by atoms with Crippen molar-refractivity contribution in [3.05, 3.63) is 16.5 Å². The van der Waals surface area contributed by atoms with Crippen molar-refractivity contribution in [1.82, 2.24) is 10.3 Å². The van der Waals surface area contributed by atoms with E-state index in [0.717, 1.165) is 21.2 Å². The topological polar surface area (TPSA) is 159 Å². The van der Waals surface area contributed by atoms with E-state index in [1.165, 1.54) is 13.3 Å². The molecule has 0 saturated heterocycles. The van der Waals surface area contributed by atoms with E-state index in [9.17, 15) is 9.59 Å². The number of carbonyl (C=O) groups excluding carboxylic acids is 2. The molecule has 12 heteroatoms. The van der Waals surface area contributed by atoms with Crippen LogP contribution in [0, 0.1) is 12.8 Å². The van der Waals surface area contributed by atoms with Gasteiger partial charge in [-0.15, -0.1) is 11.3 Å². The highest BCUT2D eigenvalue weighted by Crippen LogP contribution is 2.29. The first-order valence-corrected chi connectivity index (χ1v) is 10.4. The van der Waals surface area contributed by atoms with E-state index in [-0.39, 0.29) is 23.4 Å². The smallest absolute Gasteiger partial charge is 0.325 e. The van der Waals surface area contributed by atoms with Crippen LogP contribution in [-0.4, -0.2) is 70.2 Å². The molecule has 0 bridgehead atoms. The highest BCUT2D eigenvalue weighted by molar-refractivity contribution is 7.16. The Labute approximate surface area is 186 Å². The lowest BCUT2D eigenvalue weighted by atomic mass is 10.0. The molecule has 0 radical (unpaired) electrons. The summed E-state index contributed by atoms with van der Waals surface area (Å²) in [4.78, 5) is 32.1. The predicted molar refractivity (Wildman–Crippen MR) is 123 cm³/mol. The zero-order chi connectivity index (χ0) is 24.2. The number of aliphatic imine (C=N–C) groups is 2. The van der Waals surface area contributed by atoms with E-state index in [4.69, 9.17) is 15.3 Å². The minimum atomic E-state index is -3.06. The third-order valence-corrected chi connectivity index (χ3v) is 4.38. The van der Waals surface area contributed by atoms with Crippen molar-refractivity contribution in [1.29, 1.82) is 0 Å². The van der Waals surface area contributed by atoms with Crippen molar-refractivity contribution >= 4 is 46.5 Å². The Bertz CT molecular complexity index is 811. The minimum Gasteiger partial charge on any atom is -0.325 e. The third-order valence-electron chi connectivity index (χ3n) is 3.41. The summed E-state index contributed by atoms with van der Waals surface area (Å²) in [6, 6.07) is 1.57. The molecule has 0 aromatic carbocycles. The van der Waals surface area contributed by atoms with Gasteiger partial charge in [-0.05, 0) is 25.8 Å². The Balaban J connectivity index is 0.00000436. The van der Waals surface area contributed by atoms with Crippen LogP contribution in [0.2, 0.25) is 0 Å². The fourth-order valence-electron chi connectivity index (χ4n) is 2.26. The molecule has 1 heterocycles. The van der Waals surface area contributed by atoms with Gasteiger partial charge in [0.15, 0.2) is 0 Å². The van der Waals surface area contributed by atoms with Crippen molar-refractivity contribution < 1.29 is 24.9 Å². The van der Waals surface area contributed by atoms with Gasteiger partial charge in [-0.3, -0.25) is 19.9 Å². The molecular weight excluding hydrogens is 424 g/mol. The van der Waals surface area contributed by atoms with Gasteiger partial charge in [0.1, 0.15) is 6.54 Å². The average molecular weight is 457 g/mol. The molecule has 1 aromatic heterocycles. The Hall–Kier alpha value is -2.67. The van der Waals surface area contributed by atoms with Crippen LogP contribution in [0.5, 0.6) is 0 Å². The monoisotopic (exact) mass is 456 g/mol. The first-order valence-electron chi connectivity index (χ1n) is 9.62. The third kappa shape index (κ3) is 10.3. The highest BCUT2D eigenvalue weighted by atomic mass is 32.1. The molecular formula is C19H32N6O5S. The van der Waals surface area contributed by atoms with Gasteiger partial charge in [0.05, 0.1) is 10.7 Å². The summed E-state index contributed by atoms with van der Waals surface area (Å²) < 4.78 is 0. The molecule has 0 aliphatic heterocycles. The number of hydrogen-bond donors (Lipinski definition) is 5. The van der Waals surface area contributed by atoms with E-state index in [1.54, 1.807) is 19.9 Å². The number of nitrogens with one attached hydrogen (secondary N) is 2. The zero-order valence-electron chi connectivity index (χ0n) is 18.9. The summed E-state index contributed by atoms with van der Waals surface area (Å²) in [7, 11) is 1.47. The number of carbonyl (C=O) groups is 2. The SMILES string of the molecule is C/C=N\C(=NC)NC(=O)CN(C=O)/N=C(\c1cc(NC(O)(O)O)sc1C)C(C)C.CC. The lowest BCUT2D eigenvalue weighted by molar-refractivity contribution is -0.288.